The van der Waals surface area contributed by atoms with E-state index in [9.17, 15) is 0 Å². The monoisotopic (exact) mass is 166 g/mol. The first-order valence-corrected chi connectivity index (χ1v) is 5.65. The van der Waals surface area contributed by atoms with Crippen molar-refractivity contribution < 1.29 is 0 Å². The summed E-state index contributed by atoms with van der Waals surface area (Å²) < 4.78 is 0. The zero-order valence-corrected chi connectivity index (χ0v) is 7.97. The van der Waals surface area contributed by atoms with Crippen LogP contribution in [0.25, 0.3) is 0 Å². The van der Waals surface area contributed by atoms with E-state index in [0.29, 0.717) is 0 Å². The van der Waals surface area contributed by atoms with E-state index in [-0.39, 0.29) is 0 Å². The van der Waals surface area contributed by atoms with Crippen LogP contribution in [0.5, 0.6) is 0 Å². The van der Waals surface area contributed by atoms with Crippen molar-refractivity contribution in [2.45, 2.75) is 69.9 Å². The van der Waals surface area contributed by atoms with Crippen LogP contribution in [0.2, 0.25) is 0 Å². The minimum Gasteiger partial charge on any atom is -0.235 e. The minimum absolute atomic E-state index is 0.752. The van der Waals surface area contributed by atoms with Gasteiger partial charge in [0.15, 0.2) is 0 Å². The molecule has 0 aromatic carbocycles. The van der Waals surface area contributed by atoms with Gasteiger partial charge in [-0.05, 0) is 25.7 Å². The normalized spacial score (nSPS) is 28.0. The van der Waals surface area contributed by atoms with Gasteiger partial charge >= 0.3 is 0 Å². The number of hydrogen-bond acceptors (Lipinski definition) is 0. The first-order chi connectivity index (χ1) is 5.95. The smallest absolute Gasteiger partial charge is 0.0249 e. The first-order valence-electron chi connectivity index (χ1n) is 5.65. The van der Waals surface area contributed by atoms with Crippen LogP contribution in [0, 0.1) is 0 Å². The van der Waals surface area contributed by atoms with Gasteiger partial charge in [-0.2, -0.15) is 0 Å². The Labute approximate surface area is 75.9 Å². The van der Waals surface area contributed by atoms with E-state index in [4.69, 9.17) is 5.32 Å². The molecule has 12 heavy (non-hydrogen) atoms. The largest absolute Gasteiger partial charge is 0.235 e. The minimum atomic E-state index is 0.752. The molecule has 0 heterocycles. The van der Waals surface area contributed by atoms with E-state index in [0.717, 1.165) is 12.1 Å². The van der Waals surface area contributed by atoms with Gasteiger partial charge in [0, 0.05) is 12.1 Å². The highest BCUT2D eigenvalue weighted by atomic mass is 15.0. The van der Waals surface area contributed by atoms with Gasteiger partial charge in [0.2, 0.25) is 0 Å². The third-order valence-corrected chi connectivity index (χ3v) is 3.32. The molecule has 1 heteroatoms. The van der Waals surface area contributed by atoms with Gasteiger partial charge < -0.3 is 0 Å². The van der Waals surface area contributed by atoms with Gasteiger partial charge in [-0.1, -0.05) is 32.1 Å². The van der Waals surface area contributed by atoms with Crippen LogP contribution in [0.4, 0.5) is 0 Å². The maximum Gasteiger partial charge on any atom is 0.0249 e. The number of nitrogens with zero attached hydrogens (tertiary/aromatic N) is 1. The van der Waals surface area contributed by atoms with E-state index in [1.54, 1.807) is 0 Å². The van der Waals surface area contributed by atoms with Crippen LogP contribution < -0.4 is 5.32 Å². The highest BCUT2D eigenvalue weighted by molar-refractivity contribution is 4.79. The summed E-state index contributed by atoms with van der Waals surface area (Å²) in [7, 11) is 0. The summed E-state index contributed by atoms with van der Waals surface area (Å²) >= 11 is 0. The van der Waals surface area contributed by atoms with Gasteiger partial charge in [0.1, 0.15) is 0 Å². The molecule has 2 saturated carbocycles. The fourth-order valence-corrected chi connectivity index (χ4v) is 2.58. The molecule has 2 fully saturated rings. The summed E-state index contributed by atoms with van der Waals surface area (Å²) in [6.45, 7) is 0. The van der Waals surface area contributed by atoms with Crippen LogP contribution in [-0.2, 0) is 0 Å². The van der Waals surface area contributed by atoms with Gasteiger partial charge in [0.25, 0.3) is 0 Å². The maximum absolute atomic E-state index is 4.94. The third-order valence-electron chi connectivity index (χ3n) is 3.32. The molecule has 0 unspecified atom stereocenters. The average molecular weight is 166 g/mol. The second-order valence-electron chi connectivity index (χ2n) is 4.38. The van der Waals surface area contributed by atoms with Crippen LogP contribution in [0.15, 0.2) is 0 Å². The van der Waals surface area contributed by atoms with Gasteiger partial charge in [0.05, 0.1) is 0 Å². The molecule has 2 rings (SSSR count). The van der Waals surface area contributed by atoms with Crippen molar-refractivity contribution in [3.05, 3.63) is 0 Å². The zero-order valence-electron chi connectivity index (χ0n) is 7.97. The molecule has 0 spiro atoms. The molecular weight excluding hydrogens is 146 g/mol. The molecule has 2 aliphatic rings. The molecule has 2 aliphatic carbocycles. The molecule has 0 aliphatic heterocycles. The quantitative estimate of drug-likeness (QED) is 0.599. The summed E-state index contributed by atoms with van der Waals surface area (Å²) in [6.07, 6.45) is 12.7. The Morgan fingerprint density at radius 1 is 0.583 bits per heavy atom. The Balaban J connectivity index is 1.69. The summed E-state index contributed by atoms with van der Waals surface area (Å²) in [5.74, 6) is 0. The Hall–Kier alpha value is -0.0400. The van der Waals surface area contributed by atoms with Crippen LogP contribution in [0.1, 0.15) is 57.8 Å². The summed E-state index contributed by atoms with van der Waals surface area (Å²) in [4.78, 5) is 0. The third kappa shape index (κ3) is 2.22. The molecule has 69 valence electrons. The van der Waals surface area contributed by atoms with E-state index in [1.165, 1.54) is 57.8 Å². The predicted octanol–water partition coefficient (Wildman–Crippen LogP) is 2.87. The lowest BCUT2D eigenvalue weighted by molar-refractivity contribution is 0.330. The lowest BCUT2D eigenvalue weighted by atomic mass is 9.95. The van der Waals surface area contributed by atoms with Crippen LogP contribution in [0.3, 0.4) is 0 Å². The van der Waals surface area contributed by atoms with Crippen molar-refractivity contribution in [1.29, 1.82) is 0 Å². The van der Waals surface area contributed by atoms with Crippen molar-refractivity contribution in [2.75, 3.05) is 0 Å². The van der Waals surface area contributed by atoms with Crippen molar-refractivity contribution in [3.8, 4) is 0 Å². The standard InChI is InChI=1S/C11H20N/c1-2-6-10(7-3-1)12-11-8-4-5-9-11/h10-11H,1-9H2. The Kier molecular flexibility index (Phi) is 3.04. The van der Waals surface area contributed by atoms with Crippen LogP contribution in [-0.4, -0.2) is 12.1 Å². The Morgan fingerprint density at radius 3 is 1.50 bits per heavy atom. The zero-order chi connectivity index (χ0) is 8.23. The predicted molar refractivity (Wildman–Crippen MR) is 51.3 cm³/mol. The Morgan fingerprint density at radius 2 is 1.00 bits per heavy atom. The Bertz CT molecular complexity index is 121. The lowest BCUT2D eigenvalue weighted by Gasteiger charge is -2.24. The second-order valence-corrected chi connectivity index (χ2v) is 4.38. The molecule has 1 radical (unpaired) electrons. The fourth-order valence-electron chi connectivity index (χ4n) is 2.58. The van der Waals surface area contributed by atoms with Gasteiger partial charge in [-0.3, -0.25) is 0 Å². The van der Waals surface area contributed by atoms with Gasteiger partial charge in [-0.15, -0.1) is 0 Å². The van der Waals surface area contributed by atoms with Crippen LogP contribution >= 0.6 is 0 Å². The van der Waals surface area contributed by atoms with Gasteiger partial charge in [-0.25, -0.2) is 5.32 Å². The molecule has 0 bridgehead atoms. The summed E-state index contributed by atoms with van der Waals surface area (Å²) in [5.41, 5.74) is 0. The summed E-state index contributed by atoms with van der Waals surface area (Å²) in [6, 6.07) is 1.51. The maximum atomic E-state index is 4.94. The fraction of sp³-hybridized carbons (Fsp3) is 1.00. The SMILES string of the molecule is C1CCC([N]C2CCCC2)CC1. The highest BCUT2D eigenvalue weighted by Gasteiger charge is 2.21. The number of rotatable bonds is 2. The highest BCUT2D eigenvalue weighted by Crippen LogP contribution is 2.24. The second kappa shape index (κ2) is 4.27. The van der Waals surface area contributed by atoms with E-state index in [2.05, 4.69) is 0 Å². The van der Waals surface area contributed by atoms with E-state index >= 15 is 0 Å². The van der Waals surface area contributed by atoms with E-state index in [1.807, 2.05) is 0 Å². The molecule has 0 saturated heterocycles. The average Bonchev–Trinajstić information content (AvgIpc) is 2.59. The molecular formula is C11H20N. The molecule has 0 amide bonds. The molecule has 0 aromatic rings. The lowest BCUT2D eigenvalue weighted by Crippen LogP contribution is -2.31. The molecule has 0 N–H and O–H groups in total. The topological polar surface area (TPSA) is 14.1 Å². The van der Waals surface area contributed by atoms with Crippen molar-refractivity contribution in [2.24, 2.45) is 0 Å². The summed E-state index contributed by atoms with van der Waals surface area (Å²) in [5, 5.41) is 4.94. The molecule has 1 nitrogen and oxygen atoms in total. The molecule has 0 atom stereocenters. The van der Waals surface area contributed by atoms with Crippen molar-refractivity contribution >= 4 is 0 Å². The van der Waals surface area contributed by atoms with E-state index < -0.39 is 0 Å². The van der Waals surface area contributed by atoms with Crippen molar-refractivity contribution in [3.63, 3.8) is 0 Å². The number of hydrogen-bond donors (Lipinski definition) is 0. The first kappa shape index (κ1) is 8.55. The molecule has 0 aromatic heterocycles. The van der Waals surface area contributed by atoms with Crippen molar-refractivity contribution in [1.82, 2.24) is 5.32 Å².